The van der Waals surface area contributed by atoms with Crippen LogP contribution in [0.15, 0.2) is 54.6 Å². The third kappa shape index (κ3) is 4.93. The molecule has 3 rings (SSSR count). The zero-order valence-electron chi connectivity index (χ0n) is 14.4. The number of nitriles is 1. The molecule has 1 aliphatic rings. The monoisotopic (exact) mass is 348 g/mol. The Hall–Kier alpha value is -3.13. The van der Waals surface area contributed by atoms with E-state index in [0.29, 0.717) is 17.5 Å². The summed E-state index contributed by atoms with van der Waals surface area (Å²) in [7, 11) is 0. The number of benzene rings is 2. The molecule has 26 heavy (non-hydrogen) atoms. The van der Waals surface area contributed by atoms with Gasteiger partial charge >= 0.3 is 5.97 Å². The van der Waals surface area contributed by atoms with Crippen molar-refractivity contribution in [3.63, 3.8) is 0 Å². The van der Waals surface area contributed by atoms with Crippen molar-refractivity contribution in [3.05, 3.63) is 71.3 Å². The topological polar surface area (TPSA) is 79.2 Å². The van der Waals surface area contributed by atoms with Gasteiger partial charge in [0.1, 0.15) is 0 Å². The highest BCUT2D eigenvalue weighted by molar-refractivity contribution is 5.85. The van der Waals surface area contributed by atoms with E-state index in [1.165, 1.54) is 0 Å². The second kappa shape index (κ2) is 8.30. The molecule has 1 amide bonds. The van der Waals surface area contributed by atoms with Crippen LogP contribution >= 0.6 is 0 Å². The highest BCUT2D eigenvalue weighted by Crippen LogP contribution is 2.23. The first-order valence-corrected chi connectivity index (χ1v) is 8.69. The normalized spacial score (nSPS) is 14.1. The number of hydrogen-bond donors (Lipinski definition) is 1. The van der Waals surface area contributed by atoms with Crippen LogP contribution in [-0.2, 0) is 20.7 Å². The molecule has 1 N–H and O–H groups in total. The van der Waals surface area contributed by atoms with Crippen LogP contribution in [0.4, 0.5) is 0 Å². The molecule has 132 valence electrons. The summed E-state index contributed by atoms with van der Waals surface area (Å²) in [6, 6.07) is 18.4. The summed E-state index contributed by atoms with van der Waals surface area (Å²) < 4.78 is 5.49. The zero-order valence-corrected chi connectivity index (χ0v) is 14.4. The lowest BCUT2D eigenvalue weighted by Crippen LogP contribution is -2.33. The Bertz CT molecular complexity index is 805. The number of esters is 1. The molecule has 1 unspecified atom stereocenters. The van der Waals surface area contributed by atoms with Gasteiger partial charge in [-0.05, 0) is 37.0 Å². The lowest BCUT2D eigenvalue weighted by atomic mass is 10.1. The van der Waals surface area contributed by atoms with Gasteiger partial charge in [-0.3, -0.25) is 9.59 Å². The van der Waals surface area contributed by atoms with Crippen molar-refractivity contribution in [1.29, 1.82) is 5.26 Å². The average Bonchev–Trinajstić information content (AvgIpc) is 3.49. The maximum absolute atomic E-state index is 12.5. The van der Waals surface area contributed by atoms with E-state index in [0.717, 1.165) is 18.4 Å². The maximum atomic E-state index is 12.5. The lowest BCUT2D eigenvalue weighted by Gasteiger charge is -2.18. The van der Waals surface area contributed by atoms with E-state index in [2.05, 4.69) is 11.4 Å². The number of ether oxygens (including phenoxy) is 1. The summed E-state index contributed by atoms with van der Waals surface area (Å²) in [4.78, 5) is 24.7. The van der Waals surface area contributed by atoms with Gasteiger partial charge in [0, 0.05) is 18.0 Å². The fourth-order valence-electron chi connectivity index (χ4n) is 2.59. The standard InChI is InChI=1S/C21H20N2O3/c22-14-16-8-6-15(7-9-16)10-13-19(24)26-20(17-4-2-1-3-5-17)21(25)23-18-11-12-18/h1-9,18,20H,10-13H2,(H,23,25). The molecule has 0 heterocycles. The molecule has 0 saturated heterocycles. The van der Waals surface area contributed by atoms with Gasteiger partial charge < -0.3 is 10.1 Å². The first kappa shape index (κ1) is 17.7. The number of rotatable bonds is 7. The summed E-state index contributed by atoms with van der Waals surface area (Å²) >= 11 is 0. The van der Waals surface area contributed by atoms with E-state index in [-0.39, 0.29) is 18.4 Å². The molecule has 0 aromatic heterocycles. The van der Waals surface area contributed by atoms with Gasteiger partial charge in [0.25, 0.3) is 5.91 Å². The summed E-state index contributed by atoms with van der Waals surface area (Å²) in [6.45, 7) is 0. The van der Waals surface area contributed by atoms with Gasteiger partial charge in [-0.2, -0.15) is 5.26 Å². The molecule has 1 atom stereocenters. The number of aryl methyl sites for hydroxylation is 1. The van der Waals surface area contributed by atoms with Crippen molar-refractivity contribution in [1.82, 2.24) is 5.32 Å². The predicted molar refractivity (Wildman–Crippen MR) is 95.9 cm³/mol. The van der Waals surface area contributed by atoms with Gasteiger partial charge in [0.05, 0.1) is 11.6 Å². The minimum atomic E-state index is -0.926. The average molecular weight is 348 g/mol. The van der Waals surface area contributed by atoms with Crippen LogP contribution in [0.1, 0.15) is 42.1 Å². The van der Waals surface area contributed by atoms with E-state index in [4.69, 9.17) is 10.00 Å². The first-order chi connectivity index (χ1) is 12.7. The van der Waals surface area contributed by atoms with Crippen molar-refractivity contribution in [2.75, 3.05) is 0 Å². The van der Waals surface area contributed by atoms with Gasteiger partial charge in [-0.1, -0.05) is 42.5 Å². The van der Waals surface area contributed by atoms with Crippen LogP contribution in [0.2, 0.25) is 0 Å². The summed E-state index contributed by atoms with van der Waals surface area (Å²) in [6.07, 6.45) is 1.69. The van der Waals surface area contributed by atoms with E-state index < -0.39 is 12.1 Å². The predicted octanol–water partition coefficient (Wildman–Crippen LogP) is 3.05. The zero-order chi connectivity index (χ0) is 18.4. The second-order valence-electron chi connectivity index (χ2n) is 6.37. The van der Waals surface area contributed by atoms with E-state index in [9.17, 15) is 9.59 Å². The van der Waals surface area contributed by atoms with E-state index in [1.54, 1.807) is 24.3 Å². The van der Waals surface area contributed by atoms with E-state index in [1.807, 2.05) is 30.3 Å². The molecular formula is C21H20N2O3. The number of carbonyl (C=O) groups is 2. The Labute approximate surface area is 152 Å². The third-order valence-electron chi connectivity index (χ3n) is 4.21. The molecule has 2 aromatic carbocycles. The number of carbonyl (C=O) groups excluding carboxylic acids is 2. The Morgan fingerprint density at radius 3 is 2.42 bits per heavy atom. The summed E-state index contributed by atoms with van der Waals surface area (Å²) in [5.41, 5.74) is 2.19. The Morgan fingerprint density at radius 1 is 1.12 bits per heavy atom. The molecule has 0 bridgehead atoms. The molecule has 1 aliphatic carbocycles. The molecule has 5 heteroatoms. The van der Waals surface area contributed by atoms with Crippen LogP contribution in [0, 0.1) is 11.3 Å². The second-order valence-corrected chi connectivity index (χ2v) is 6.37. The molecular weight excluding hydrogens is 328 g/mol. The fourth-order valence-corrected chi connectivity index (χ4v) is 2.59. The fraction of sp³-hybridized carbons (Fsp3) is 0.286. The number of nitrogens with one attached hydrogen (secondary N) is 1. The number of nitrogens with zero attached hydrogens (tertiary/aromatic N) is 1. The van der Waals surface area contributed by atoms with Crippen LogP contribution < -0.4 is 5.32 Å². The summed E-state index contributed by atoms with van der Waals surface area (Å²) in [5, 5.41) is 11.7. The van der Waals surface area contributed by atoms with Crippen molar-refractivity contribution >= 4 is 11.9 Å². The third-order valence-corrected chi connectivity index (χ3v) is 4.21. The van der Waals surface area contributed by atoms with Crippen molar-refractivity contribution in [2.24, 2.45) is 0 Å². The molecule has 1 saturated carbocycles. The van der Waals surface area contributed by atoms with Crippen LogP contribution in [0.25, 0.3) is 0 Å². The van der Waals surface area contributed by atoms with Gasteiger partial charge in [-0.25, -0.2) is 0 Å². The van der Waals surface area contributed by atoms with Crippen molar-refractivity contribution in [2.45, 2.75) is 37.8 Å². The SMILES string of the molecule is N#Cc1ccc(CCC(=O)OC(C(=O)NC2CC2)c2ccccc2)cc1. The Kier molecular flexibility index (Phi) is 5.65. The molecule has 1 fully saturated rings. The van der Waals surface area contributed by atoms with Crippen molar-refractivity contribution in [3.8, 4) is 6.07 Å². The lowest BCUT2D eigenvalue weighted by molar-refractivity contribution is -0.156. The highest BCUT2D eigenvalue weighted by Gasteiger charge is 2.30. The Balaban J connectivity index is 1.60. The van der Waals surface area contributed by atoms with Crippen LogP contribution in [0.3, 0.4) is 0 Å². The highest BCUT2D eigenvalue weighted by atomic mass is 16.5. The molecule has 5 nitrogen and oxygen atoms in total. The first-order valence-electron chi connectivity index (χ1n) is 8.69. The molecule has 0 aliphatic heterocycles. The number of hydrogen-bond acceptors (Lipinski definition) is 4. The minimum absolute atomic E-state index is 0.173. The largest absolute Gasteiger partial charge is 0.447 e. The van der Waals surface area contributed by atoms with Crippen LogP contribution in [-0.4, -0.2) is 17.9 Å². The molecule has 2 aromatic rings. The molecule has 0 spiro atoms. The quantitative estimate of drug-likeness (QED) is 0.780. The van der Waals surface area contributed by atoms with Gasteiger partial charge in [0.2, 0.25) is 6.10 Å². The smallest absolute Gasteiger partial charge is 0.307 e. The minimum Gasteiger partial charge on any atom is -0.447 e. The van der Waals surface area contributed by atoms with Gasteiger partial charge in [-0.15, -0.1) is 0 Å². The van der Waals surface area contributed by atoms with Crippen molar-refractivity contribution < 1.29 is 14.3 Å². The Morgan fingerprint density at radius 2 is 1.81 bits per heavy atom. The van der Waals surface area contributed by atoms with Gasteiger partial charge in [0.15, 0.2) is 0 Å². The number of amides is 1. The molecule has 0 radical (unpaired) electrons. The van der Waals surface area contributed by atoms with Crippen LogP contribution in [0.5, 0.6) is 0 Å². The summed E-state index contributed by atoms with van der Waals surface area (Å²) in [5.74, 6) is -0.695. The maximum Gasteiger partial charge on any atom is 0.307 e. The van der Waals surface area contributed by atoms with E-state index >= 15 is 0 Å².